The van der Waals surface area contributed by atoms with Crippen LogP contribution in [0.15, 0.2) is 36.4 Å². The maximum absolute atomic E-state index is 5.81. The van der Waals surface area contributed by atoms with E-state index in [2.05, 4.69) is 0 Å². The molecular formula is C11H13ClO. The van der Waals surface area contributed by atoms with Crippen LogP contribution in [0.4, 0.5) is 0 Å². The molecule has 1 aromatic rings. The molecule has 0 heterocycles. The largest absolute Gasteiger partial charge is 0.487 e. The van der Waals surface area contributed by atoms with Crippen molar-refractivity contribution in [2.45, 2.75) is 20.0 Å². The minimum atomic E-state index is 0.0865. The van der Waals surface area contributed by atoms with Gasteiger partial charge in [-0.2, -0.15) is 0 Å². The Hall–Kier alpha value is -0.950. The summed E-state index contributed by atoms with van der Waals surface area (Å²) >= 11 is 5.81. The summed E-state index contributed by atoms with van der Waals surface area (Å²) in [6.07, 6.45) is 4.04. The summed E-state index contributed by atoms with van der Waals surface area (Å²) in [7, 11) is 0. The standard InChI is InChI=1S/C11H13ClO/c1-3-5-9(2)13-11-7-4-6-10(12)8-11/h3-9H,1-2H3. The molecule has 1 aromatic carbocycles. The number of halogens is 1. The molecule has 2 heteroatoms. The third-order valence-electron chi connectivity index (χ3n) is 1.58. The Morgan fingerprint density at radius 1 is 1.46 bits per heavy atom. The lowest BCUT2D eigenvalue weighted by atomic mass is 10.3. The maximum Gasteiger partial charge on any atom is 0.121 e. The molecule has 0 aliphatic rings. The van der Waals surface area contributed by atoms with E-state index in [4.69, 9.17) is 16.3 Å². The summed E-state index contributed by atoms with van der Waals surface area (Å²) < 4.78 is 5.56. The van der Waals surface area contributed by atoms with Gasteiger partial charge in [-0.1, -0.05) is 23.7 Å². The highest BCUT2D eigenvalue weighted by Crippen LogP contribution is 2.18. The maximum atomic E-state index is 5.81. The van der Waals surface area contributed by atoms with Crippen molar-refractivity contribution >= 4 is 11.6 Å². The first-order valence-corrected chi connectivity index (χ1v) is 4.65. The molecule has 1 nitrogen and oxygen atoms in total. The highest BCUT2D eigenvalue weighted by Gasteiger charge is 1.98. The minimum absolute atomic E-state index is 0.0865. The molecule has 1 rings (SSSR count). The third kappa shape index (κ3) is 3.51. The fraction of sp³-hybridized carbons (Fsp3) is 0.273. The van der Waals surface area contributed by atoms with Gasteiger partial charge < -0.3 is 4.74 Å². The Morgan fingerprint density at radius 2 is 2.23 bits per heavy atom. The molecule has 0 spiro atoms. The smallest absolute Gasteiger partial charge is 0.121 e. The topological polar surface area (TPSA) is 9.23 Å². The second-order valence-electron chi connectivity index (χ2n) is 2.81. The van der Waals surface area contributed by atoms with Crippen molar-refractivity contribution in [1.29, 1.82) is 0 Å². The van der Waals surface area contributed by atoms with Crippen LogP contribution in [-0.4, -0.2) is 6.10 Å². The van der Waals surface area contributed by atoms with Gasteiger partial charge in [0.05, 0.1) is 0 Å². The van der Waals surface area contributed by atoms with Crippen LogP contribution >= 0.6 is 11.6 Å². The van der Waals surface area contributed by atoms with Gasteiger partial charge in [-0.15, -0.1) is 0 Å². The molecule has 1 unspecified atom stereocenters. The highest BCUT2D eigenvalue weighted by atomic mass is 35.5. The van der Waals surface area contributed by atoms with E-state index >= 15 is 0 Å². The van der Waals surface area contributed by atoms with E-state index in [1.54, 1.807) is 0 Å². The molecule has 0 aliphatic heterocycles. The van der Waals surface area contributed by atoms with Crippen molar-refractivity contribution in [3.63, 3.8) is 0 Å². The van der Waals surface area contributed by atoms with Gasteiger partial charge in [0.15, 0.2) is 0 Å². The second-order valence-corrected chi connectivity index (χ2v) is 3.24. The van der Waals surface area contributed by atoms with Gasteiger partial charge in [0, 0.05) is 5.02 Å². The predicted molar refractivity (Wildman–Crippen MR) is 56.4 cm³/mol. The number of hydrogen-bond acceptors (Lipinski definition) is 1. The number of rotatable bonds is 3. The molecule has 13 heavy (non-hydrogen) atoms. The lowest BCUT2D eigenvalue weighted by Crippen LogP contribution is -2.07. The summed E-state index contributed by atoms with van der Waals surface area (Å²) in [5.41, 5.74) is 0. The van der Waals surface area contributed by atoms with E-state index < -0.39 is 0 Å². The Balaban J connectivity index is 2.63. The van der Waals surface area contributed by atoms with E-state index in [1.165, 1.54) is 0 Å². The Labute approximate surface area is 84.0 Å². The van der Waals surface area contributed by atoms with Crippen LogP contribution in [0.2, 0.25) is 5.02 Å². The van der Waals surface area contributed by atoms with Crippen molar-refractivity contribution in [3.8, 4) is 5.75 Å². The van der Waals surface area contributed by atoms with Crippen molar-refractivity contribution in [1.82, 2.24) is 0 Å². The number of allylic oxidation sites excluding steroid dienone is 1. The summed E-state index contributed by atoms with van der Waals surface area (Å²) in [5.74, 6) is 0.804. The summed E-state index contributed by atoms with van der Waals surface area (Å²) in [4.78, 5) is 0. The fourth-order valence-corrected chi connectivity index (χ4v) is 1.25. The molecule has 70 valence electrons. The van der Waals surface area contributed by atoms with Crippen molar-refractivity contribution in [2.75, 3.05) is 0 Å². The van der Waals surface area contributed by atoms with Gasteiger partial charge in [0.2, 0.25) is 0 Å². The van der Waals surface area contributed by atoms with Gasteiger partial charge in [-0.25, -0.2) is 0 Å². The zero-order valence-corrected chi connectivity index (χ0v) is 8.58. The van der Waals surface area contributed by atoms with Gasteiger partial charge in [0.25, 0.3) is 0 Å². The molecule has 0 aromatic heterocycles. The van der Waals surface area contributed by atoms with Gasteiger partial charge in [-0.3, -0.25) is 0 Å². The number of ether oxygens (including phenoxy) is 1. The number of benzene rings is 1. The molecule has 0 saturated heterocycles. The first-order valence-electron chi connectivity index (χ1n) is 4.27. The summed E-state index contributed by atoms with van der Waals surface area (Å²) in [6, 6.07) is 7.40. The third-order valence-corrected chi connectivity index (χ3v) is 1.82. The molecule has 0 saturated carbocycles. The minimum Gasteiger partial charge on any atom is -0.487 e. The van der Waals surface area contributed by atoms with E-state index in [9.17, 15) is 0 Å². The van der Waals surface area contributed by atoms with E-state index in [1.807, 2.05) is 50.3 Å². The Morgan fingerprint density at radius 3 is 2.85 bits per heavy atom. The Kier molecular flexibility index (Phi) is 3.84. The summed E-state index contributed by atoms with van der Waals surface area (Å²) in [6.45, 7) is 3.96. The molecule has 0 bridgehead atoms. The monoisotopic (exact) mass is 196 g/mol. The second kappa shape index (κ2) is 4.93. The summed E-state index contributed by atoms with van der Waals surface area (Å²) in [5, 5.41) is 0.699. The SMILES string of the molecule is CC=CC(C)Oc1cccc(Cl)c1. The van der Waals surface area contributed by atoms with Crippen LogP contribution in [0, 0.1) is 0 Å². The molecule has 0 fully saturated rings. The van der Waals surface area contributed by atoms with Crippen LogP contribution in [0.5, 0.6) is 5.75 Å². The van der Waals surface area contributed by atoms with Crippen LogP contribution in [0.1, 0.15) is 13.8 Å². The Bertz CT molecular complexity index is 294. The fourth-order valence-electron chi connectivity index (χ4n) is 1.07. The molecule has 0 radical (unpaired) electrons. The first kappa shape index (κ1) is 10.1. The first-order chi connectivity index (χ1) is 6.22. The average molecular weight is 197 g/mol. The number of hydrogen-bond donors (Lipinski definition) is 0. The van der Waals surface area contributed by atoms with E-state index in [0.29, 0.717) is 5.02 Å². The van der Waals surface area contributed by atoms with Crippen LogP contribution < -0.4 is 4.74 Å². The molecule has 0 amide bonds. The lowest BCUT2D eigenvalue weighted by Gasteiger charge is -2.10. The van der Waals surface area contributed by atoms with Gasteiger partial charge in [-0.05, 0) is 38.1 Å². The van der Waals surface area contributed by atoms with Crippen LogP contribution in [-0.2, 0) is 0 Å². The van der Waals surface area contributed by atoms with Crippen LogP contribution in [0.25, 0.3) is 0 Å². The molecule has 0 N–H and O–H groups in total. The molecule has 0 aliphatic carbocycles. The van der Waals surface area contributed by atoms with Crippen molar-refractivity contribution < 1.29 is 4.74 Å². The predicted octanol–water partition coefficient (Wildman–Crippen LogP) is 3.68. The highest BCUT2D eigenvalue weighted by molar-refractivity contribution is 6.30. The lowest BCUT2D eigenvalue weighted by molar-refractivity contribution is 0.269. The zero-order chi connectivity index (χ0) is 9.68. The van der Waals surface area contributed by atoms with Crippen molar-refractivity contribution in [2.24, 2.45) is 0 Å². The molecule has 1 atom stereocenters. The molecular weight excluding hydrogens is 184 g/mol. The van der Waals surface area contributed by atoms with Crippen LogP contribution in [0.3, 0.4) is 0 Å². The van der Waals surface area contributed by atoms with E-state index in [0.717, 1.165) is 5.75 Å². The van der Waals surface area contributed by atoms with Gasteiger partial charge >= 0.3 is 0 Å². The normalized spacial score (nSPS) is 13.2. The quantitative estimate of drug-likeness (QED) is 0.671. The zero-order valence-electron chi connectivity index (χ0n) is 7.83. The van der Waals surface area contributed by atoms with Crippen molar-refractivity contribution in [3.05, 3.63) is 41.4 Å². The average Bonchev–Trinajstić information content (AvgIpc) is 2.04. The van der Waals surface area contributed by atoms with Gasteiger partial charge in [0.1, 0.15) is 11.9 Å². The van der Waals surface area contributed by atoms with E-state index in [-0.39, 0.29) is 6.10 Å².